The monoisotopic (exact) mass is 256 g/mol. The van der Waals surface area contributed by atoms with E-state index in [0.717, 1.165) is 0 Å². The number of carbonyl (C=O) groups is 2. The molecule has 92 valence electrons. The molecule has 0 aromatic heterocycles. The number of hydrogen-bond donors (Lipinski definition) is 0. The van der Waals surface area contributed by atoms with Crippen LogP contribution in [0.1, 0.15) is 13.8 Å². The second-order valence-electron chi connectivity index (χ2n) is 2.53. The third-order valence-corrected chi connectivity index (χ3v) is 1.54. The van der Waals surface area contributed by atoms with E-state index in [4.69, 9.17) is 0 Å². The average Bonchev–Trinajstić information content (AvgIpc) is 2.17. The maximum Gasteiger partial charge on any atom is 0.385 e. The van der Waals surface area contributed by atoms with Crippen LogP contribution < -0.4 is 0 Å². The van der Waals surface area contributed by atoms with Crippen molar-refractivity contribution in [2.75, 3.05) is 13.2 Å². The number of esters is 1. The van der Waals surface area contributed by atoms with Crippen LogP contribution in [-0.2, 0) is 19.1 Å². The minimum Gasteiger partial charge on any atom is -0.500 e. The Kier molecular flexibility index (Phi) is 5.95. The molecule has 0 aliphatic carbocycles. The molecule has 0 unspecified atom stereocenters. The number of hydrogen-bond acceptors (Lipinski definition) is 4. The first-order chi connectivity index (χ1) is 7.34. The van der Waals surface area contributed by atoms with E-state index >= 15 is 0 Å². The van der Waals surface area contributed by atoms with E-state index in [1.54, 1.807) is 6.92 Å². The van der Waals surface area contributed by atoms with Gasteiger partial charge in [0.2, 0.25) is 0 Å². The van der Waals surface area contributed by atoms with Crippen molar-refractivity contribution >= 4 is 23.4 Å². The summed E-state index contributed by atoms with van der Waals surface area (Å²) < 4.78 is 34.0. The smallest absolute Gasteiger partial charge is 0.385 e. The fourth-order valence-corrected chi connectivity index (χ4v) is 0.824. The lowest BCUT2D eigenvalue weighted by Gasteiger charge is -2.09. The highest BCUT2D eigenvalue weighted by Crippen LogP contribution is 2.24. The fourth-order valence-electron chi connectivity index (χ4n) is 0.723. The molecule has 0 aromatic carbocycles. The molecule has 16 heavy (non-hydrogen) atoms. The second-order valence-corrected chi connectivity index (χ2v) is 3.01. The van der Waals surface area contributed by atoms with Crippen molar-refractivity contribution in [3.05, 3.63) is 11.8 Å². The SMILES string of the molecule is CCOC=C(C(=O)OCC)C(=O)C(F)(F)Cl. The molecular weight excluding hydrogens is 246 g/mol. The maximum absolute atomic E-state index is 12.5. The van der Waals surface area contributed by atoms with Crippen LogP contribution in [0.15, 0.2) is 11.8 Å². The van der Waals surface area contributed by atoms with Crippen LogP contribution in [0.4, 0.5) is 8.78 Å². The number of Topliss-reactive ketones (excluding diaryl/α,β-unsaturated/α-hetero) is 1. The van der Waals surface area contributed by atoms with Gasteiger partial charge in [0.15, 0.2) is 0 Å². The second kappa shape index (κ2) is 6.42. The molecule has 0 rings (SSSR count). The molecular formula is C9H11ClF2O4. The molecule has 0 aromatic rings. The van der Waals surface area contributed by atoms with E-state index in [9.17, 15) is 18.4 Å². The van der Waals surface area contributed by atoms with Crippen molar-refractivity contribution in [2.24, 2.45) is 0 Å². The zero-order chi connectivity index (χ0) is 12.8. The van der Waals surface area contributed by atoms with Crippen molar-refractivity contribution in [1.29, 1.82) is 0 Å². The number of rotatable bonds is 6. The number of halogens is 3. The van der Waals surface area contributed by atoms with E-state index in [1.807, 2.05) is 0 Å². The molecule has 0 bridgehead atoms. The zero-order valence-electron chi connectivity index (χ0n) is 8.76. The lowest BCUT2D eigenvalue weighted by Crippen LogP contribution is -2.28. The molecule has 0 N–H and O–H groups in total. The highest BCUT2D eigenvalue weighted by molar-refractivity contribution is 6.38. The fraction of sp³-hybridized carbons (Fsp3) is 0.556. The van der Waals surface area contributed by atoms with Gasteiger partial charge in [0, 0.05) is 0 Å². The Morgan fingerprint density at radius 3 is 2.25 bits per heavy atom. The van der Waals surface area contributed by atoms with E-state index in [1.165, 1.54) is 6.92 Å². The van der Waals surface area contributed by atoms with Crippen LogP contribution in [-0.4, -0.2) is 30.3 Å². The van der Waals surface area contributed by atoms with Gasteiger partial charge in [0.1, 0.15) is 11.8 Å². The molecule has 0 fully saturated rings. The van der Waals surface area contributed by atoms with Gasteiger partial charge in [-0.25, -0.2) is 4.79 Å². The summed E-state index contributed by atoms with van der Waals surface area (Å²) in [7, 11) is 0. The Balaban J connectivity index is 4.96. The van der Waals surface area contributed by atoms with Gasteiger partial charge in [-0.1, -0.05) is 0 Å². The van der Waals surface area contributed by atoms with Gasteiger partial charge in [-0.15, -0.1) is 0 Å². The van der Waals surface area contributed by atoms with Gasteiger partial charge >= 0.3 is 11.4 Å². The molecule has 0 saturated carbocycles. The summed E-state index contributed by atoms with van der Waals surface area (Å²) in [4.78, 5) is 22.2. The Labute approximate surface area is 96.2 Å². The zero-order valence-corrected chi connectivity index (χ0v) is 9.51. The number of alkyl halides is 3. The van der Waals surface area contributed by atoms with E-state index in [-0.39, 0.29) is 13.2 Å². The van der Waals surface area contributed by atoms with E-state index < -0.39 is 22.7 Å². The topological polar surface area (TPSA) is 52.6 Å². The van der Waals surface area contributed by atoms with E-state index in [0.29, 0.717) is 6.26 Å². The minimum atomic E-state index is -4.16. The number of ketones is 1. The minimum absolute atomic E-state index is 0.0521. The molecule has 0 heterocycles. The van der Waals surface area contributed by atoms with Crippen LogP contribution in [0.3, 0.4) is 0 Å². The average molecular weight is 257 g/mol. The van der Waals surface area contributed by atoms with E-state index in [2.05, 4.69) is 21.1 Å². The molecule has 0 aliphatic rings. The molecule has 0 saturated heterocycles. The molecule has 0 aliphatic heterocycles. The van der Waals surface area contributed by atoms with Crippen molar-refractivity contribution in [3.63, 3.8) is 0 Å². The first-order valence-electron chi connectivity index (χ1n) is 4.45. The first-order valence-corrected chi connectivity index (χ1v) is 4.82. The van der Waals surface area contributed by atoms with Crippen molar-refractivity contribution in [2.45, 2.75) is 19.2 Å². The summed E-state index contributed by atoms with van der Waals surface area (Å²) in [5.74, 6) is -3.04. The summed E-state index contributed by atoms with van der Waals surface area (Å²) in [6.07, 6.45) is 0.622. The largest absolute Gasteiger partial charge is 0.500 e. The van der Waals surface area contributed by atoms with Crippen molar-refractivity contribution in [1.82, 2.24) is 0 Å². The molecule has 0 radical (unpaired) electrons. The summed E-state index contributed by atoms with van der Waals surface area (Å²) in [5.41, 5.74) is -0.913. The van der Waals surface area contributed by atoms with Crippen LogP contribution in [0.2, 0.25) is 0 Å². The Bertz CT molecular complexity index is 296. The molecule has 0 spiro atoms. The summed E-state index contributed by atoms with van der Waals surface area (Å²) >= 11 is 4.51. The Morgan fingerprint density at radius 1 is 1.31 bits per heavy atom. The predicted molar refractivity (Wildman–Crippen MR) is 52.1 cm³/mol. The Hall–Kier alpha value is -1.17. The number of ether oxygens (including phenoxy) is 2. The Morgan fingerprint density at radius 2 is 1.88 bits per heavy atom. The van der Waals surface area contributed by atoms with Gasteiger partial charge < -0.3 is 9.47 Å². The van der Waals surface area contributed by atoms with Crippen molar-refractivity contribution < 1.29 is 27.8 Å². The lowest BCUT2D eigenvalue weighted by atomic mass is 10.2. The van der Waals surface area contributed by atoms with Crippen LogP contribution in [0.25, 0.3) is 0 Å². The van der Waals surface area contributed by atoms with Crippen LogP contribution in [0.5, 0.6) is 0 Å². The van der Waals surface area contributed by atoms with Gasteiger partial charge in [-0.3, -0.25) is 4.79 Å². The molecule has 7 heteroatoms. The van der Waals surface area contributed by atoms with Crippen LogP contribution >= 0.6 is 11.6 Å². The normalized spacial score (nSPS) is 12.2. The number of carbonyl (C=O) groups excluding carboxylic acids is 2. The van der Waals surface area contributed by atoms with Crippen LogP contribution in [0, 0.1) is 0 Å². The van der Waals surface area contributed by atoms with Gasteiger partial charge in [0.05, 0.1) is 13.2 Å². The maximum atomic E-state index is 12.5. The predicted octanol–water partition coefficient (Wildman–Crippen LogP) is 1.87. The quantitative estimate of drug-likeness (QED) is 0.182. The molecule has 0 amide bonds. The molecule has 0 atom stereocenters. The van der Waals surface area contributed by atoms with Gasteiger partial charge in [0.25, 0.3) is 5.78 Å². The summed E-state index contributed by atoms with van der Waals surface area (Å²) in [6.45, 7) is 3.09. The van der Waals surface area contributed by atoms with Gasteiger partial charge in [-0.2, -0.15) is 8.78 Å². The highest BCUT2D eigenvalue weighted by atomic mass is 35.5. The third-order valence-electron chi connectivity index (χ3n) is 1.37. The third kappa shape index (κ3) is 4.57. The summed E-state index contributed by atoms with van der Waals surface area (Å²) in [6, 6.07) is 0. The lowest BCUT2D eigenvalue weighted by molar-refractivity contribution is -0.143. The standard InChI is InChI=1S/C9H11ClF2O4/c1-3-15-5-6(8(14)16-4-2)7(13)9(10,11)12/h5H,3-4H2,1-2H3. The van der Waals surface area contributed by atoms with Gasteiger partial charge in [-0.05, 0) is 25.4 Å². The highest BCUT2D eigenvalue weighted by Gasteiger charge is 2.41. The first kappa shape index (κ1) is 14.8. The van der Waals surface area contributed by atoms with Crippen molar-refractivity contribution in [3.8, 4) is 0 Å². The molecule has 4 nitrogen and oxygen atoms in total. The summed E-state index contributed by atoms with van der Waals surface area (Å²) in [5, 5.41) is -4.16.